The number of nitrogens with zero attached hydrogens (tertiary/aromatic N) is 1. The Hall–Kier alpha value is -4.99. The molecular weight excluding hydrogens is 638 g/mol. The Balaban J connectivity index is 0.965. The second-order valence-electron chi connectivity index (χ2n) is 13.3. The lowest BCUT2D eigenvalue weighted by atomic mass is 9.98. The van der Waals surface area contributed by atoms with Gasteiger partial charge in [-0.15, -0.1) is 0 Å². The molecule has 2 saturated heterocycles. The summed E-state index contributed by atoms with van der Waals surface area (Å²) in [5.74, 6) is 1.45. The van der Waals surface area contributed by atoms with E-state index in [9.17, 15) is 9.90 Å². The number of carbonyl (C=O) groups excluding carboxylic acids is 1. The smallest absolute Gasteiger partial charge is 0.319 e. The molecule has 8 heteroatoms. The molecule has 3 atom stereocenters. The predicted molar refractivity (Wildman–Crippen MR) is 199 cm³/mol. The average molecular weight is 684 g/mol. The normalized spacial score (nSPS) is 19.3. The van der Waals surface area contributed by atoms with Crippen LogP contribution in [0.25, 0.3) is 11.1 Å². The molecule has 2 heterocycles. The van der Waals surface area contributed by atoms with Crippen LogP contribution in [0.2, 0.25) is 0 Å². The fourth-order valence-corrected chi connectivity index (χ4v) is 6.75. The maximum absolute atomic E-state index is 12.7. The highest BCUT2D eigenvalue weighted by molar-refractivity contribution is 5.89. The van der Waals surface area contributed by atoms with Gasteiger partial charge in [0.1, 0.15) is 11.5 Å². The number of anilines is 1. The van der Waals surface area contributed by atoms with Crippen LogP contribution in [-0.2, 0) is 22.6 Å². The van der Waals surface area contributed by atoms with Gasteiger partial charge in [-0.05, 0) is 96.2 Å². The van der Waals surface area contributed by atoms with E-state index in [0.29, 0.717) is 18.0 Å². The summed E-state index contributed by atoms with van der Waals surface area (Å²) < 4.78 is 19.0. The Morgan fingerprint density at radius 2 is 1.45 bits per heavy atom. The molecule has 8 nitrogen and oxygen atoms in total. The van der Waals surface area contributed by atoms with Gasteiger partial charge in [0.2, 0.25) is 0 Å². The summed E-state index contributed by atoms with van der Waals surface area (Å²) in [6.45, 7) is 3.55. The predicted octanol–water partition coefficient (Wildman–Crippen LogP) is 8.99. The number of ether oxygens (including phenoxy) is 3. The fraction of sp³-hybridized carbons (Fsp3) is 0.279. The number of aliphatic hydroxyl groups is 1. The van der Waals surface area contributed by atoms with Crippen LogP contribution in [-0.4, -0.2) is 41.8 Å². The van der Waals surface area contributed by atoms with Gasteiger partial charge in [0.15, 0.2) is 6.29 Å². The second-order valence-corrected chi connectivity index (χ2v) is 13.3. The standard InChI is InChI=1S/C43H45N3O5/c47-30-31-12-14-34(15-13-31)41-27-40(29-46-24-5-2-6-25-46)50-42(51-41)35-18-16-33(17-19-35)36-9-7-8-32(26-36)28-44-43(48)45-37-20-22-39(23-21-37)49-38-10-3-1-4-11-38/h1,3-4,7-23,26,40-42,47H,2,5-6,24-25,27-30H2,(H2,44,45,48)/t40-,41+,42+/m1/s1. The minimum atomic E-state index is -0.480. The fourth-order valence-electron chi connectivity index (χ4n) is 6.75. The third-order valence-corrected chi connectivity index (χ3v) is 9.51. The maximum Gasteiger partial charge on any atom is 0.319 e. The van der Waals surface area contributed by atoms with Gasteiger partial charge in [-0.2, -0.15) is 0 Å². The molecule has 5 aromatic rings. The maximum atomic E-state index is 12.7. The molecule has 3 N–H and O–H groups in total. The number of para-hydroxylation sites is 1. The molecule has 2 amide bonds. The molecule has 2 aliphatic heterocycles. The van der Waals surface area contributed by atoms with Gasteiger partial charge in [0, 0.05) is 30.8 Å². The molecule has 262 valence electrons. The number of hydrogen-bond acceptors (Lipinski definition) is 6. The van der Waals surface area contributed by atoms with Crippen LogP contribution in [0.5, 0.6) is 11.5 Å². The largest absolute Gasteiger partial charge is 0.457 e. The highest BCUT2D eigenvalue weighted by Gasteiger charge is 2.33. The van der Waals surface area contributed by atoms with Crippen LogP contribution in [0.15, 0.2) is 127 Å². The molecule has 0 aliphatic carbocycles. The van der Waals surface area contributed by atoms with Crippen molar-refractivity contribution in [2.24, 2.45) is 0 Å². The lowest BCUT2D eigenvalue weighted by molar-refractivity contribution is -0.253. The van der Waals surface area contributed by atoms with E-state index in [1.165, 1.54) is 19.3 Å². The van der Waals surface area contributed by atoms with Crippen LogP contribution in [0, 0.1) is 0 Å². The Bertz CT molecular complexity index is 1840. The van der Waals surface area contributed by atoms with Gasteiger partial charge >= 0.3 is 6.03 Å². The molecule has 2 aliphatic rings. The van der Waals surface area contributed by atoms with E-state index >= 15 is 0 Å². The van der Waals surface area contributed by atoms with Crippen LogP contribution in [0.3, 0.4) is 0 Å². The zero-order valence-electron chi connectivity index (χ0n) is 28.7. The van der Waals surface area contributed by atoms with Crippen molar-refractivity contribution in [3.63, 3.8) is 0 Å². The number of amides is 2. The lowest BCUT2D eigenvalue weighted by Gasteiger charge is -2.39. The summed E-state index contributed by atoms with van der Waals surface area (Å²) in [7, 11) is 0. The molecule has 0 radical (unpaired) electrons. The van der Waals surface area contributed by atoms with Crippen molar-refractivity contribution in [2.45, 2.75) is 57.3 Å². The summed E-state index contributed by atoms with van der Waals surface area (Å²) in [6.07, 6.45) is 4.05. The molecular formula is C43H45N3O5. The van der Waals surface area contributed by atoms with Gasteiger partial charge in [0.25, 0.3) is 0 Å². The number of hydrogen-bond donors (Lipinski definition) is 3. The number of likely N-dealkylation sites (tertiary alicyclic amines) is 1. The first-order chi connectivity index (χ1) is 25.1. The number of nitrogens with one attached hydrogen (secondary N) is 2. The lowest BCUT2D eigenvalue weighted by Crippen LogP contribution is -2.41. The van der Waals surface area contributed by atoms with Crippen LogP contribution < -0.4 is 15.4 Å². The van der Waals surface area contributed by atoms with E-state index in [2.05, 4.69) is 64.1 Å². The number of benzene rings is 5. The summed E-state index contributed by atoms with van der Waals surface area (Å²) in [5.41, 5.74) is 6.77. The molecule has 7 rings (SSSR count). The van der Waals surface area contributed by atoms with Gasteiger partial charge in [-0.25, -0.2) is 4.79 Å². The number of aliphatic hydroxyl groups excluding tert-OH is 1. The van der Waals surface area contributed by atoms with Crippen LogP contribution >= 0.6 is 0 Å². The first kappa shape index (κ1) is 34.5. The van der Waals surface area contributed by atoms with Crippen molar-refractivity contribution in [2.75, 3.05) is 25.0 Å². The molecule has 5 aromatic carbocycles. The van der Waals surface area contributed by atoms with Gasteiger partial charge in [-0.3, -0.25) is 0 Å². The minimum Gasteiger partial charge on any atom is -0.457 e. The quantitative estimate of drug-likeness (QED) is 0.129. The molecule has 0 bridgehead atoms. The van der Waals surface area contributed by atoms with Gasteiger partial charge in [-0.1, -0.05) is 91.3 Å². The Kier molecular flexibility index (Phi) is 11.4. The molecule has 51 heavy (non-hydrogen) atoms. The Labute approximate surface area is 300 Å². The Morgan fingerprint density at radius 3 is 2.20 bits per heavy atom. The van der Waals surface area contributed by atoms with Crippen LogP contribution in [0.1, 0.15) is 60.3 Å². The molecule has 0 aromatic heterocycles. The van der Waals surface area contributed by atoms with E-state index in [-0.39, 0.29) is 24.8 Å². The van der Waals surface area contributed by atoms with Crippen molar-refractivity contribution in [3.05, 3.63) is 150 Å². The average Bonchev–Trinajstić information content (AvgIpc) is 3.19. The second kappa shape index (κ2) is 16.8. The molecule has 2 fully saturated rings. The van der Waals surface area contributed by atoms with Crippen LogP contribution in [0.4, 0.5) is 10.5 Å². The topological polar surface area (TPSA) is 92.3 Å². The molecule has 0 spiro atoms. The molecule has 0 saturated carbocycles. The highest BCUT2D eigenvalue weighted by Crippen LogP contribution is 2.39. The summed E-state index contributed by atoms with van der Waals surface area (Å²) in [4.78, 5) is 15.2. The first-order valence-electron chi connectivity index (χ1n) is 17.9. The zero-order valence-corrected chi connectivity index (χ0v) is 28.7. The van der Waals surface area contributed by atoms with Crippen molar-refractivity contribution in [1.82, 2.24) is 10.2 Å². The number of rotatable bonds is 11. The van der Waals surface area contributed by atoms with E-state index in [4.69, 9.17) is 14.2 Å². The zero-order chi connectivity index (χ0) is 34.8. The van der Waals surface area contributed by atoms with Crippen molar-refractivity contribution >= 4 is 11.7 Å². The van der Waals surface area contributed by atoms with Gasteiger partial charge < -0.3 is 34.9 Å². The summed E-state index contributed by atoms with van der Waals surface area (Å²) in [5, 5.41) is 15.4. The van der Waals surface area contributed by atoms with E-state index < -0.39 is 6.29 Å². The summed E-state index contributed by atoms with van der Waals surface area (Å²) >= 11 is 0. The van der Waals surface area contributed by atoms with Crippen molar-refractivity contribution in [1.29, 1.82) is 0 Å². The number of carbonyl (C=O) groups is 1. The minimum absolute atomic E-state index is 0.0256. The van der Waals surface area contributed by atoms with Gasteiger partial charge in [0.05, 0.1) is 18.8 Å². The highest BCUT2D eigenvalue weighted by atomic mass is 16.7. The van der Waals surface area contributed by atoms with E-state index in [1.807, 2.05) is 78.9 Å². The Morgan fingerprint density at radius 1 is 0.725 bits per heavy atom. The summed E-state index contributed by atoms with van der Waals surface area (Å²) in [6, 6.07) is 41.2. The third-order valence-electron chi connectivity index (χ3n) is 9.51. The first-order valence-corrected chi connectivity index (χ1v) is 17.9. The third kappa shape index (κ3) is 9.42. The van der Waals surface area contributed by atoms with E-state index in [0.717, 1.165) is 65.2 Å². The van der Waals surface area contributed by atoms with Crippen molar-refractivity contribution in [3.8, 4) is 22.6 Å². The number of piperidine rings is 1. The number of urea groups is 1. The van der Waals surface area contributed by atoms with Crippen molar-refractivity contribution < 1.29 is 24.1 Å². The van der Waals surface area contributed by atoms with E-state index in [1.54, 1.807) is 0 Å². The monoisotopic (exact) mass is 683 g/mol. The molecule has 0 unspecified atom stereocenters. The SMILES string of the molecule is O=C(NCc1cccc(-c2ccc([C@H]3O[C@@H](CN4CCCCC4)C[C@@H](c4ccc(CO)cc4)O3)cc2)c1)Nc1ccc(Oc2ccccc2)cc1.